The standard InChI is InChI=1S/C20H14ClF3N2O5S/c1-30-13-6-3-9(15(18(28)29)16(13)31-2)7-14-17(27)26-19(32-14)25-10-4-5-12(21)11(8-10)20(22,23)24/h3-8H,1-2H3,(H,28,29)(H,25,26,27)/b14-7+. The zero-order valence-corrected chi connectivity index (χ0v) is 18.0. The first-order valence-corrected chi connectivity index (χ1v) is 9.89. The normalized spacial score (nSPS) is 16.4. The minimum Gasteiger partial charge on any atom is -0.493 e. The fourth-order valence-electron chi connectivity index (χ4n) is 2.82. The molecular formula is C20H14ClF3N2O5S. The molecule has 1 fully saturated rings. The van der Waals surface area contributed by atoms with Gasteiger partial charge in [0.2, 0.25) is 0 Å². The van der Waals surface area contributed by atoms with Crippen molar-refractivity contribution >= 4 is 52.2 Å². The third-order valence-electron chi connectivity index (χ3n) is 4.22. The van der Waals surface area contributed by atoms with Crippen LogP contribution in [0.4, 0.5) is 18.9 Å². The van der Waals surface area contributed by atoms with Crippen molar-refractivity contribution in [3.05, 3.63) is 56.9 Å². The molecule has 1 amide bonds. The Morgan fingerprint density at radius 1 is 1.22 bits per heavy atom. The molecule has 1 saturated heterocycles. The summed E-state index contributed by atoms with van der Waals surface area (Å²) >= 11 is 6.44. The second kappa shape index (κ2) is 9.13. The highest BCUT2D eigenvalue weighted by molar-refractivity contribution is 8.18. The molecule has 0 atom stereocenters. The molecule has 0 radical (unpaired) electrons. The van der Waals surface area contributed by atoms with E-state index in [1.807, 2.05) is 0 Å². The lowest BCUT2D eigenvalue weighted by molar-refractivity contribution is -0.137. The summed E-state index contributed by atoms with van der Waals surface area (Å²) in [5, 5.41) is 11.6. The van der Waals surface area contributed by atoms with Gasteiger partial charge >= 0.3 is 12.1 Å². The number of carbonyl (C=O) groups is 2. The zero-order chi connectivity index (χ0) is 23.6. The summed E-state index contributed by atoms with van der Waals surface area (Å²) in [5.41, 5.74) is -1.17. The number of halogens is 4. The van der Waals surface area contributed by atoms with Crippen LogP contribution in [0.5, 0.6) is 11.5 Å². The van der Waals surface area contributed by atoms with E-state index in [1.165, 1.54) is 38.5 Å². The van der Waals surface area contributed by atoms with Crippen LogP contribution in [-0.2, 0) is 11.0 Å². The van der Waals surface area contributed by atoms with Gasteiger partial charge in [-0.25, -0.2) is 9.79 Å². The quantitative estimate of drug-likeness (QED) is 0.579. The molecule has 32 heavy (non-hydrogen) atoms. The number of aliphatic imine (C=N–C) groups is 1. The average molecular weight is 487 g/mol. The van der Waals surface area contributed by atoms with Crippen LogP contribution in [-0.4, -0.2) is 36.4 Å². The third-order valence-corrected chi connectivity index (χ3v) is 5.45. The van der Waals surface area contributed by atoms with Crippen LogP contribution in [0.25, 0.3) is 6.08 Å². The molecule has 2 aromatic carbocycles. The predicted octanol–water partition coefficient (Wildman–Crippen LogP) is 4.97. The highest BCUT2D eigenvalue weighted by Gasteiger charge is 2.33. The largest absolute Gasteiger partial charge is 0.493 e. The second-order valence-electron chi connectivity index (χ2n) is 6.21. The van der Waals surface area contributed by atoms with E-state index in [4.69, 9.17) is 21.1 Å². The van der Waals surface area contributed by atoms with Gasteiger partial charge in [-0.05, 0) is 47.7 Å². The summed E-state index contributed by atoms with van der Waals surface area (Å²) in [6.07, 6.45) is -3.35. The fraction of sp³-hybridized carbons (Fsp3) is 0.150. The molecule has 1 aliphatic rings. The predicted molar refractivity (Wildman–Crippen MR) is 114 cm³/mol. The molecule has 12 heteroatoms. The highest BCUT2D eigenvalue weighted by Crippen LogP contribution is 2.38. The number of carbonyl (C=O) groups excluding carboxylic acids is 1. The average Bonchev–Trinajstić information content (AvgIpc) is 3.06. The van der Waals surface area contributed by atoms with E-state index in [1.54, 1.807) is 0 Å². The number of hydrogen-bond donors (Lipinski definition) is 2. The Kier molecular flexibility index (Phi) is 6.70. The first-order valence-electron chi connectivity index (χ1n) is 8.69. The topological polar surface area (TPSA) is 97.2 Å². The molecule has 0 aliphatic carbocycles. The number of rotatable bonds is 5. The molecule has 0 bridgehead atoms. The van der Waals surface area contributed by atoms with Crippen LogP contribution in [0, 0.1) is 0 Å². The van der Waals surface area contributed by atoms with Crippen molar-refractivity contribution in [2.24, 2.45) is 4.99 Å². The Labute approximate surface area is 188 Å². The van der Waals surface area contributed by atoms with Crippen LogP contribution in [0.1, 0.15) is 21.5 Å². The molecule has 168 valence electrons. The molecule has 1 heterocycles. The number of amides is 1. The Balaban J connectivity index is 1.97. The molecule has 2 N–H and O–H groups in total. The van der Waals surface area contributed by atoms with E-state index in [0.717, 1.165) is 23.9 Å². The molecule has 0 spiro atoms. The lowest BCUT2D eigenvalue weighted by Crippen LogP contribution is -2.19. The number of hydrogen-bond acceptors (Lipinski definition) is 6. The minimum atomic E-state index is -4.66. The highest BCUT2D eigenvalue weighted by atomic mass is 35.5. The smallest absolute Gasteiger partial charge is 0.417 e. The van der Waals surface area contributed by atoms with Gasteiger partial charge in [-0.3, -0.25) is 4.79 Å². The Morgan fingerprint density at radius 3 is 2.53 bits per heavy atom. The Hall–Kier alpha value is -3.18. The van der Waals surface area contributed by atoms with E-state index in [2.05, 4.69) is 10.3 Å². The number of benzene rings is 2. The summed E-state index contributed by atoms with van der Waals surface area (Å²) in [5.74, 6) is -1.72. The second-order valence-corrected chi connectivity index (χ2v) is 7.65. The number of thioether (sulfide) groups is 1. The van der Waals surface area contributed by atoms with E-state index in [9.17, 15) is 27.9 Å². The van der Waals surface area contributed by atoms with E-state index >= 15 is 0 Å². The number of nitrogens with zero attached hydrogens (tertiary/aromatic N) is 1. The number of amidine groups is 1. The van der Waals surface area contributed by atoms with Gasteiger partial charge in [0.05, 0.1) is 35.4 Å². The van der Waals surface area contributed by atoms with Gasteiger partial charge in [0.15, 0.2) is 16.7 Å². The maximum Gasteiger partial charge on any atom is 0.417 e. The van der Waals surface area contributed by atoms with Crippen molar-refractivity contribution in [2.45, 2.75) is 6.18 Å². The van der Waals surface area contributed by atoms with Gasteiger partial charge in [-0.1, -0.05) is 17.7 Å². The van der Waals surface area contributed by atoms with Crippen molar-refractivity contribution in [1.82, 2.24) is 5.32 Å². The fourth-order valence-corrected chi connectivity index (χ4v) is 3.88. The van der Waals surface area contributed by atoms with Gasteiger partial charge < -0.3 is 19.9 Å². The number of aromatic carboxylic acids is 1. The Morgan fingerprint density at radius 2 is 1.94 bits per heavy atom. The number of carboxylic acid groups (broad SMARTS) is 1. The number of nitrogens with one attached hydrogen (secondary N) is 1. The van der Waals surface area contributed by atoms with Crippen LogP contribution >= 0.6 is 23.4 Å². The summed E-state index contributed by atoms with van der Waals surface area (Å²) in [6.45, 7) is 0. The molecule has 3 rings (SSSR count). The van der Waals surface area contributed by atoms with Crippen molar-refractivity contribution in [3.63, 3.8) is 0 Å². The van der Waals surface area contributed by atoms with E-state index < -0.39 is 28.6 Å². The maximum absolute atomic E-state index is 13.0. The summed E-state index contributed by atoms with van der Waals surface area (Å²) in [6, 6.07) is 6.02. The third kappa shape index (κ3) is 4.83. The SMILES string of the molecule is COc1ccc(/C=C2/SC(=Nc3ccc(Cl)c(C(F)(F)F)c3)NC2=O)c(C(=O)O)c1OC. The molecule has 0 saturated carbocycles. The van der Waals surface area contributed by atoms with Gasteiger partial charge in [0, 0.05) is 0 Å². The molecular weight excluding hydrogens is 473 g/mol. The molecule has 0 unspecified atom stereocenters. The number of ether oxygens (including phenoxy) is 2. The van der Waals surface area contributed by atoms with Crippen molar-refractivity contribution < 1.29 is 37.3 Å². The maximum atomic E-state index is 13.0. The van der Waals surface area contributed by atoms with Crippen LogP contribution < -0.4 is 14.8 Å². The van der Waals surface area contributed by atoms with Crippen molar-refractivity contribution in [2.75, 3.05) is 14.2 Å². The van der Waals surface area contributed by atoms with Crippen LogP contribution in [0.3, 0.4) is 0 Å². The summed E-state index contributed by atoms with van der Waals surface area (Å²) in [4.78, 5) is 28.2. The van der Waals surface area contributed by atoms with Gasteiger partial charge in [-0.15, -0.1) is 0 Å². The number of carboxylic acids is 1. The van der Waals surface area contributed by atoms with Crippen LogP contribution in [0.15, 0.2) is 40.2 Å². The van der Waals surface area contributed by atoms with Gasteiger partial charge in [-0.2, -0.15) is 13.2 Å². The van der Waals surface area contributed by atoms with Crippen molar-refractivity contribution in [1.29, 1.82) is 0 Å². The molecule has 1 aliphatic heterocycles. The van der Waals surface area contributed by atoms with Gasteiger partial charge in [0.1, 0.15) is 5.56 Å². The van der Waals surface area contributed by atoms with E-state index in [-0.39, 0.29) is 38.4 Å². The first-order chi connectivity index (χ1) is 15.0. The molecule has 7 nitrogen and oxygen atoms in total. The number of methoxy groups -OCH3 is 2. The lowest BCUT2D eigenvalue weighted by atomic mass is 10.0. The van der Waals surface area contributed by atoms with Gasteiger partial charge in [0.25, 0.3) is 5.91 Å². The lowest BCUT2D eigenvalue weighted by Gasteiger charge is -2.12. The van der Waals surface area contributed by atoms with E-state index in [0.29, 0.717) is 0 Å². The summed E-state index contributed by atoms with van der Waals surface area (Å²) in [7, 11) is 2.63. The minimum absolute atomic E-state index is 0.0208. The molecule has 0 aromatic heterocycles. The monoisotopic (exact) mass is 486 g/mol. The summed E-state index contributed by atoms with van der Waals surface area (Å²) < 4.78 is 49.4. The zero-order valence-electron chi connectivity index (χ0n) is 16.4. The molecule has 2 aromatic rings. The van der Waals surface area contributed by atoms with Crippen LogP contribution in [0.2, 0.25) is 5.02 Å². The first kappa shape index (κ1) is 23.5. The Bertz CT molecular complexity index is 1160. The van der Waals surface area contributed by atoms with Crippen molar-refractivity contribution in [3.8, 4) is 11.5 Å². The number of alkyl halides is 3.